The van der Waals surface area contributed by atoms with Crippen LogP contribution < -0.4 is 4.74 Å². The molecule has 2 aliphatic heterocycles. The number of pyridine rings is 1. The van der Waals surface area contributed by atoms with Crippen LogP contribution in [0.1, 0.15) is 15.9 Å². The smallest absolute Gasteiger partial charge is 0.253 e. The lowest BCUT2D eigenvalue weighted by Gasteiger charge is -2.22. The molecule has 0 saturated carbocycles. The van der Waals surface area contributed by atoms with E-state index in [1.807, 2.05) is 4.90 Å². The highest BCUT2D eigenvalue weighted by Gasteiger charge is 2.43. The number of rotatable bonds is 5. The van der Waals surface area contributed by atoms with Crippen molar-refractivity contribution in [3.8, 4) is 11.6 Å². The molecule has 0 aliphatic carbocycles. The van der Waals surface area contributed by atoms with Gasteiger partial charge in [-0.1, -0.05) is 23.7 Å². The first-order valence-corrected chi connectivity index (χ1v) is 12.4. The van der Waals surface area contributed by atoms with Crippen molar-refractivity contribution in [1.82, 2.24) is 14.8 Å². The molecule has 2 aromatic carbocycles. The molecule has 2 saturated heterocycles. The molecule has 3 heterocycles. The Bertz CT molecular complexity index is 1240. The minimum Gasteiger partial charge on any atom is -0.439 e. The molecule has 2 amide bonds. The third-order valence-corrected chi connectivity index (χ3v) is 7.36. The minimum absolute atomic E-state index is 0.0350. The normalized spacial score (nSPS) is 19.1. The van der Waals surface area contributed by atoms with Crippen molar-refractivity contribution in [2.24, 2.45) is 11.8 Å². The second kappa shape index (κ2) is 9.95. The summed E-state index contributed by atoms with van der Waals surface area (Å²) in [5.41, 5.74) is 0.969. The summed E-state index contributed by atoms with van der Waals surface area (Å²) in [6.07, 6.45) is 1.54. The summed E-state index contributed by atoms with van der Waals surface area (Å²) >= 11 is 9.01. The number of benzene rings is 2. The molecule has 0 radical (unpaired) electrons. The van der Waals surface area contributed by atoms with Crippen LogP contribution in [0.15, 0.2) is 65.3 Å². The van der Waals surface area contributed by atoms with E-state index in [4.69, 9.17) is 16.3 Å². The van der Waals surface area contributed by atoms with Gasteiger partial charge < -0.3 is 14.5 Å². The van der Waals surface area contributed by atoms with Crippen LogP contribution >= 0.6 is 27.5 Å². The van der Waals surface area contributed by atoms with E-state index in [0.717, 1.165) is 0 Å². The van der Waals surface area contributed by atoms with Gasteiger partial charge in [-0.3, -0.25) is 9.59 Å². The zero-order chi connectivity index (χ0) is 24.5. The Morgan fingerprint density at radius 2 is 1.69 bits per heavy atom. The van der Waals surface area contributed by atoms with Crippen molar-refractivity contribution in [1.29, 1.82) is 0 Å². The molecule has 0 bridgehead atoms. The Balaban J connectivity index is 1.15. The van der Waals surface area contributed by atoms with E-state index in [-0.39, 0.29) is 30.1 Å². The Hall–Kier alpha value is -2.97. The highest BCUT2D eigenvalue weighted by atomic mass is 79.9. The average molecular weight is 559 g/mol. The number of fused-ring (bicyclic) bond motifs is 1. The summed E-state index contributed by atoms with van der Waals surface area (Å²) in [5.74, 6) is 0.943. The predicted octanol–water partition coefficient (Wildman–Crippen LogP) is 5.20. The third kappa shape index (κ3) is 5.18. The Morgan fingerprint density at radius 3 is 2.34 bits per heavy atom. The molecule has 0 unspecified atom stereocenters. The molecule has 9 heteroatoms. The Kier molecular flexibility index (Phi) is 6.75. The molecule has 0 N–H and O–H groups in total. The van der Waals surface area contributed by atoms with E-state index in [1.165, 1.54) is 6.20 Å². The van der Waals surface area contributed by atoms with Crippen molar-refractivity contribution in [3.05, 3.63) is 87.2 Å². The highest BCUT2D eigenvalue weighted by Crippen LogP contribution is 2.33. The molecular formula is C26H22BrClFN3O3. The molecule has 1 aromatic heterocycles. The maximum Gasteiger partial charge on any atom is 0.253 e. The average Bonchev–Trinajstić information content (AvgIpc) is 3.43. The highest BCUT2D eigenvalue weighted by molar-refractivity contribution is 9.10. The number of carbonyl (C=O) groups excluding carboxylic acids is 2. The van der Waals surface area contributed by atoms with E-state index < -0.39 is 5.82 Å². The van der Waals surface area contributed by atoms with Gasteiger partial charge in [0.05, 0.1) is 15.9 Å². The van der Waals surface area contributed by atoms with Gasteiger partial charge in [0.25, 0.3) is 5.91 Å². The van der Waals surface area contributed by atoms with Gasteiger partial charge in [0, 0.05) is 55.8 Å². The predicted molar refractivity (Wildman–Crippen MR) is 133 cm³/mol. The number of likely N-dealkylation sites (tertiary alicyclic amines) is 2. The fraction of sp³-hybridized carbons (Fsp3) is 0.269. The molecule has 180 valence electrons. The molecule has 6 nitrogen and oxygen atoms in total. The molecule has 2 atom stereocenters. The summed E-state index contributed by atoms with van der Waals surface area (Å²) < 4.78 is 20.3. The summed E-state index contributed by atoms with van der Waals surface area (Å²) in [5, 5.41) is 0.527. The largest absolute Gasteiger partial charge is 0.439 e. The van der Waals surface area contributed by atoms with Crippen LogP contribution in [0.25, 0.3) is 0 Å². The van der Waals surface area contributed by atoms with E-state index in [9.17, 15) is 14.0 Å². The molecule has 3 aromatic rings. The SMILES string of the molecule is O=C(Cc1cccc(Br)c1F)N1C[C@@H]2CN(C(=O)c3ccc(Oc4ccc(Cl)cn4)cc3)C[C@@H]2C1. The number of amides is 2. The van der Waals surface area contributed by atoms with Gasteiger partial charge in [0.1, 0.15) is 11.6 Å². The zero-order valence-electron chi connectivity index (χ0n) is 18.7. The van der Waals surface area contributed by atoms with Gasteiger partial charge in [0.15, 0.2) is 0 Å². The van der Waals surface area contributed by atoms with Gasteiger partial charge in [-0.2, -0.15) is 0 Å². The van der Waals surface area contributed by atoms with Crippen molar-refractivity contribution in [2.45, 2.75) is 6.42 Å². The van der Waals surface area contributed by atoms with E-state index in [0.29, 0.717) is 58.4 Å². The summed E-state index contributed by atoms with van der Waals surface area (Å²) in [4.78, 5) is 33.6. The zero-order valence-corrected chi connectivity index (χ0v) is 21.0. The van der Waals surface area contributed by atoms with E-state index >= 15 is 0 Å². The first-order chi connectivity index (χ1) is 16.9. The van der Waals surface area contributed by atoms with Crippen LogP contribution in [0.4, 0.5) is 4.39 Å². The lowest BCUT2D eigenvalue weighted by Crippen LogP contribution is -2.36. The van der Waals surface area contributed by atoms with Gasteiger partial charge in [-0.15, -0.1) is 0 Å². The molecule has 2 aliphatic rings. The van der Waals surface area contributed by atoms with E-state index in [1.54, 1.807) is 59.5 Å². The second-order valence-corrected chi connectivity index (χ2v) is 10.2. The van der Waals surface area contributed by atoms with Crippen LogP contribution in [0.2, 0.25) is 5.02 Å². The van der Waals surface area contributed by atoms with Crippen LogP contribution in [-0.4, -0.2) is 52.8 Å². The third-order valence-electron chi connectivity index (χ3n) is 6.52. The molecular weight excluding hydrogens is 537 g/mol. The first-order valence-electron chi connectivity index (χ1n) is 11.3. The van der Waals surface area contributed by atoms with Gasteiger partial charge >= 0.3 is 0 Å². The number of ether oxygens (including phenoxy) is 1. The van der Waals surface area contributed by atoms with E-state index in [2.05, 4.69) is 20.9 Å². The fourth-order valence-electron chi connectivity index (χ4n) is 4.71. The second-order valence-electron chi connectivity index (χ2n) is 8.86. The number of nitrogens with zero attached hydrogens (tertiary/aromatic N) is 3. The number of hydrogen-bond acceptors (Lipinski definition) is 4. The van der Waals surface area contributed by atoms with Crippen LogP contribution in [0.5, 0.6) is 11.6 Å². The number of carbonyl (C=O) groups is 2. The quantitative estimate of drug-likeness (QED) is 0.432. The maximum atomic E-state index is 14.3. The molecule has 2 fully saturated rings. The van der Waals surface area contributed by atoms with Crippen LogP contribution in [-0.2, 0) is 11.2 Å². The summed E-state index contributed by atoms with van der Waals surface area (Å²) in [7, 11) is 0. The molecule has 0 spiro atoms. The monoisotopic (exact) mass is 557 g/mol. The van der Waals surface area contributed by atoms with Crippen LogP contribution in [0, 0.1) is 17.7 Å². The number of aromatic nitrogens is 1. The summed E-state index contributed by atoms with van der Waals surface area (Å²) in [6, 6.07) is 15.3. The van der Waals surface area contributed by atoms with Crippen molar-refractivity contribution < 1.29 is 18.7 Å². The van der Waals surface area contributed by atoms with Crippen molar-refractivity contribution >= 4 is 39.3 Å². The summed E-state index contributed by atoms with van der Waals surface area (Å²) in [6.45, 7) is 2.38. The minimum atomic E-state index is -0.391. The number of hydrogen-bond donors (Lipinski definition) is 0. The molecule has 35 heavy (non-hydrogen) atoms. The van der Waals surface area contributed by atoms with Crippen molar-refractivity contribution in [3.63, 3.8) is 0 Å². The maximum absolute atomic E-state index is 14.3. The van der Waals surface area contributed by atoms with Crippen LogP contribution in [0.3, 0.4) is 0 Å². The Morgan fingerprint density at radius 1 is 1.00 bits per heavy atom. The van der Waals surface area contributed by atoms with Gasteiger partial charge in [-0.25, -0.2) is 9.37 Å². The first kappa shape index (κ1) is 23.8. The van der Waals surface area contributed by atoms with Gasteiger partial charge in [-0.05, 0) is 57.9 Å². The fourth-order valence-corrected chi connectivity index (χ4v) is 5.23. The molecule has 5 rings (SSSR count). The van der Waals surface area contributed by atoms with Gasteiger partial charge in [0.2, 0.25) is 11.8 Å². The number of halogens is 3. The lowest BCUT2D eigenvalue weighted by molar-refractivity contribution is -0.129. The lowest BCUT2D eigenvalue weighted by atomic mass is 10.0. The standard InChI is InChI=1S/C26H22BrClFN3O3/c27-22-3-1-2-17(25(22)29)10-24(33)31-12-18-14-32(15-19(18)13-31)26(34)16-4-7-21(8-5-16)35-23-9-6-20(28)11-30-23/h1-9,11,18-19H,10,12-15H2/t18-,19+. The topological polar surface area (TPSA) is 62.7 Å². The van der Waals surface area contributed by atoms with Crippen molar-refractivity contribution in [2.75, 3.05) is 26.2 Å². The Labute approximate surface area is 215 Å².